The summed E-state index contributed by atoms with van der Waals surface area (Å²) in [5, 5.41) is 25.4. The van der Waals surface area contributed by atoms with Gasteiger partial charge in [0.25, 0.3) is 0 Å². The highest BCUT2D eigenvalue weighted by atomic mass is 32.2. The van der Waals surface area contributed by atoms with Crippen LogP contribution in [0.1, 0.15) is 91.0 Å². The molecule has 44 heavy (non-hydrogen) atoms. The Morgan fingerprint density at radius 2 is 1.70 bits per heavy atom. The van der Waals surface area contributed by atoms with E-state index in [2.05, 4.69) is 23.9 Å². The number of hydrogen-bond acceptors (Lipinski definition) is 6. The van der Waals surface area contributed by atoms with E-state index in [1.807, 2.05) is 6.92 Å². The van der Waals surface area contributed by atoms with Crippen molar-refractivity contribution in [3.8, 4) is 0 Å². The monoisotopic (exact) mass is 639 g/mol. The number of sulfonamides is 1. The molecule has 0 radical (unpaired) electrons. The molecule has 1 aliphatic heterocycles. The van der Waals surface area contributed by atoms with Crippen molar-refractivity contribution in [3.05, 3.63) is 29.8 Å². The van der Waals surface area contributed by atoms with Gasteiger partial charge in [-0.1, -0.05) is 31.1 Å². The minimum atomic E-state index is -4.77. The number of halogens is 3. The molecule has 6 rings (SSSR count). The van der Waals surface area contributed by atoms with Gasteiger partial charge < -0.3 is 10.3 Å². The van der Waals surface area contributed by atoms with Gasteiger partial charge in [0.2, 0.25) is 10.0 Å². The summed E-state index contributed by atoms with van der Waals surface area (Å²) < 4.78 is 69.4. The first-order chi connectivity index (χ1) is 20.5. The lowest BCUT2D eigenvalue weighted by molar-refractivity contribution is -0.151. The van der Waals surface area contributed by atoms with Crippen molar-refractivity contribution >= 4 is 15.7 Å². The van der Waals surface area contributed by atoms with Gasteiger partial charge >= 0.3 is 6.18 Å². The van der Waals surface area contributed by atoms with E-state index in [4.69, 9.17) is 0 Å². The predicted octanol–water partition coefficient (Wildman–Crippen LogP) is 6.39. The van der Waals surface area contributed by atoms with E-state index in [-0.39, 0.29) is 23.4 Å². The van der Waals surface area contributed by atoms with Gasteiger partial charge in [-0.15, -0.1) is 0 Å². The number of hydrogen-bond donors (Lipinski definition) is 2. The zero-order valence-electron chi connectivity index (χ0n) is 26.4. The summed E-state index contributed by atoms with van der Waals surface area (Å²) >= 11 is 0. The molecular formula is C33H48F3N3O4S. The first kappa shape index (κ1) is 32.3. The van der Waals surface area contributed by atoms with Crippen molar-refractivity contribution < 1.29 is 31.9 Å². The summed E-state index contributed by atoms with van der Waals surface area (Å²) in [6.07, 6.45) is 3.98. The van der Waals surface area contributed by atoms with Crippen LogP contribution in [-0.2, 0) is 16.2 Å². The quantitative estimate of drug-likeness (QED) is 0.294. The Hall–Kier alpha value is -1.69. The maximum atomic E-state index is 13.7. The maximum absolute atomic E-state index is 13.7. The number of piperazine rings is 1. The van der Waals surface area contributed by atoms with Crippen LogP contribution in [-0.4, -0.2) is 71.0 Å². The molecule has 9 atom stereocenters. The second-order valence-corrected chi connectivity index (χ2v) is 17.2. The molecular weight excluding hydrogens is 591 g/mol. The van der Waals surface area contributed by atoms with Gasteiger partial charge in [-0.3, -0.25) is 4.90 Å². The van der Waals surface area contributed by atoms with E-state index in [0.29, 0.717) is 43.2 Å². The Labute approximate surface area is 259 Å². The second-order valence-electron chi connectivity index (χ2n) is 15.3. The minimum Gasteiger partial charge on any atom is -0.411 e. The van der Waals surface area contributed by atoms with Crippen LogP contribution in [0, 0.1) is 34.5 Å². The average Bonchev–Trinajstić information content (AvgIpc) is 3.31. The number of rotatable bonds is 4. The number of alkyl halides is 3. The summed E-state index contributed by atoms with van der Waals surface area (Å²) in [7, 11) is -4.38. The summed E-state index contributed by atoms with van der Waals surface area (Å²) in [4.78, 5) is 1.43. The third-order valence-corrected chi connectivity index (χ3v) is 15.1. The molecule has 2 N–H and O–H groups in total. The van der Waals surface area contributed by atoms with Crippen LogP contribution in [0.5, 0.6) is 0 Å². The van der Waals surface area contributed by atoms with Crippen molar-refractivity contribution in [1.29, 1.82) is 0 Å². The molecule has 11 heteroatoms. The molecule has 4 aliphatic carbocycles. The van der Waals surface area contributed by atoms with E-state index in [0.717, 1.165) is 69.2 Å². The number of fused-ring (bicyclic) bond motifs is 5. The summed E-state index contributed by atoms with van der Waals surface area (Å²) in [5.74, 6) is 2.20. The minimum absolute atomic E-state index is 0.00575. The van der Waals surface area contributed by atoms with Gasteiger partial charge in [0.1, 0.15) is 0 Å². The third kappa shape index (κ3) is 5.12. The molecule has 0 bridgehead atoms. The molecule has 246 valence electrons. The standard InChI is InChI=1S/C33H48F3N3O4S/c1-21-19-39(44(42,43)28-8-6-5-7-27(28)33(34,35)36)22(2)18-38(21)20-32(40)16-15-30(3)23(17-32)9-10-24-25-11-12-29(37-41)31(25,4)14-13-26(24)30/h5-8,21-26,40-41H,9-20H2,1-4H3/b37-29+/t21?,22?,23-,24-,25-,26-,30-,31-,32+/m0/s1. The van der Waals surface area contributed by atoms with Gasteiger partial charge in [-0.05, 0) is 113 Å². The Kier molecular flexibility index (Phi) is 8.02. The summed E-state index contributed by atoms with van der Waals surface area (Å²) in [5.41, 5.74) is -0.887. The van der Waals surface area contributed by atoms with Crippen LogP contribution in [0.2, 0.25) is 0 Å². The Morgan fingerprint density at radius 3 is 2.41 bits per heavy atom. The van der Waals surface area contributed by atoms with E-state index >= 15 is 0 Å². The second kappa shape index (κ2) is 10.9. The fraction of sp³-hybridized carbons (Fsp3) is 0.788. The third-order valence-electron chi connectivity index (χ3n) is 13.0. The summed E-state index contributed by atoms with van der Waals surface area (Å²) in [6, 6.07) is 3.59. The van der Waals surface area contributed by atoms with Gasteiger partial charge in [0.05, 0.1) is 21.8 Å². The van der Waals surface area contributed by atoms with Crippen LogP contribution in [0.15, 0.2) is 34.3 Å². The van der Waals surface area contributed by atoms with Crippen molar-refractivity contribution in [2.24, 2.45) is 39.7 Å². The fourth-order valence-corrected chi connectivity index (χ4v) is 12.5. The molecule has 0 spiro atoms. The van der Waals surface area contributed by atoms with E-state index in [1.165, 1.54) is 16.4 Å². The first-order valence-corrected chi connectivity index (χ1v) is 17.8. The lowest BCUT2D eigenvalue weighted by atomic mass is 9.44. The van der Waals surface area contributed by atoms with Crippen molar-refractivity contribution in [1.82, 2.24) is 9.21 Å². The van der Waals surface area contributed by atoms with Crippen LogP contribution >= 0.6 is 0 Å². The molecule has 1 heterocycles. The topological polar surface area (TPSA) is 93.4 Å². The molecule has 1 aromatic carbocycles. The molecule has 1 aromatic rings. The van der Waals surface area contributed by atoms with Crippen molar-refractivity contribution in [3.63, 3.8) is 0 Å². The van der Waals surface area contributed by atoms with Crippen LogP contribution in [0.25, 0.3) is 0 Å². The normalized spacial score (nSPS) is 43.0. The van der Waals surface area contributed by atoms with Crippen molar-refractivity contribution in [2.75, 3.05) is 19.6 Å². The van der Waals surface area contributed by atoms with Crippen LogP contribution < -0.4 is 0 Å². The lowest BCUT2D eigenvalue weighted by Gasteiger charge is -2.62. The highest BCUT2D eigenvalue weighted by molar-refractivity contribution is 7.89. The molecule has 5 fully saturated rings. The van der Waals surface area contributed by atoms with Crippen molar-refractivity contribution in [2.45, 2.75) is 114 Å². The molecule has 2 unspecified atom stereocenters. The zero-order chi connectivity index (χ0) is 31.9. The number of aliphatic hydroxyl groups is 1. The number of benzene rings is 1. The molecule has 4 saturated carbocycles. The fourth-order valence-electron chi connectivity index (χ4n) is 10.6. The lowest BCUT2D eigenvalue weighted by Crippen LogP contribution is -2.62. The zero-order valence-corrected chi connectivity index (χ0v) is 27.2. The smallest absolute Gasteiger partial charge is 0.411 e. The van der Waals surface area contributed by atoms with E-state index < -0.39 is 38.3 Å². The molecule has 1 saturated heterocycles. The van der Waals surface area contributed by atoms with Gasteiger partial charge in [-0.25, -0.2) is 8.42 Å². The largest absolute Gasteiger partial charge is 0.417 e. The van der Waals surface area contributed by atoms with Gasteiger partial charge in [0.15, 0.2) is 0 Å². The molecule has 5 aliphatic rings. The number of nitrogens with zero attached hydrogens (tertiary/aromatic N) is 3. The molecule has 7 nitrogen and oxygen atoms in total. The Bertz CT molecular complexity index is 1400. The number of β-amino-alcohol motifs (C(OH)–C–C–N with tert-alkyl or cyclic N) is 1. The molecule has 0 amide bonds. The van der Waals surface area contributed by atoms with Crippen LogP contribution in [0.3, 0.4) is 0 Å². The molecule has 0 aromatic heterocycles. The number of oxime groups is 1. The predicted molar refractivity (Wildman–Crippen MR) is 162 cm³/mol. The van der Waals surface area contributed by atoms with Gasteiger partial charge in [0, 0.05) is 37.1 Å². The van der Waals surface area contributed by atoms with Gasteiger partial charge in [-0.2, -0.15) is 17.5 Å². The van der Waals surface area contributed by atoms with E-state index in [1.54, 1.807) is 6.92 Å². The average molecular weight is 640 g/mol. The highest BCUT2D eigenvalue weighted by Crippen LogP contribution is 2.66. The Morgan fingerprint density at radius 1 is 0.977 bits per heavy atom. The van der Waals surface area contributed by atoms with E-state index in [9.17, 15) is 31.9 Å². The highest BCUT2D eigenvalue weighted by Gasteiger charge is 2.61. The first-order valence-electron chi connectivity index (χ1n) is 16.4. The summed E-state index contributed by atoms with van der Waals surface area (Å²) in [6.45, 7) is 9.22. The Balaban J connectivity index is 1.14. The van der Waals surface area contributed by atoms with Crippen LogP contribution in [0.4, 0.5) is 13.2 Å². The SMILES string of the molecule is CC1CN(S(=O)(=O)c2ccccc2C(F)(F)F)C(C)CN1C[C@@]1(O)CC[C@@]2(C)[C@@H](CC[C@@H]3[C@@H]2CC[C@]2(C)/C(=N/O)CC[C@@H]32)C1. The maximum Gasteiger partial charge on any atom is 0.417 e.